The van der Waals surface area contributed by atoms with Crippen molar-refractivity contribution in [3.05, 3.63) is 78.0 Å². The van der Waals surface area contributed by atoms with Crippen LogP contribution in [0, 0.1) is 13.8 Å². The monoisotopic (exact) mass is 518 g/mol. The van der Waals surface area contributed by atoms with Gasteiger partial charge in [0.05, 0.1) is 26.3 Å². The lowest BCUT2D eigenvalue weighted by molar-refractivity contribution is 0.162. The van der Waals surface area contributed by atoms with Gasteiger partial charge in [-0.1, -0.05) is 17.7 Å². The molecule has 4 rings (SSSR count). The Balaban J connectivity index is 1.28. The van der Waals surface area contributed by atoms with E-state index in [0.29, 0.717) is 35.3 Å². The Bertz CT molecular complexity index is 1380. The number of aromatic nitrogens is 1. The van der Waals surface area contributed by atoms with Gasteiger partial charge in [-0.25, -0.2) is 4.79 Å². The number of methoxy groups -OCH3 is 2. The topological polar surface area (TPSA) is 78.9 Å². The van der Waals surface area contributed by atoms with Crippen LogP contribution < -0.4 is 19.5 Å². The van der Waals surface area contributed by atoms with Crippen molar-refractivity contribution in [3.63, 3.8) is 0 Å². The zero-order valence-electron chi connectivity index (χ0n) is 21.4. The number of rotatable bonds is 10. The Morgan fingerprint density at radius 1 is 0.919 bits per heavy atom. The van der Waals surface area contributed by atoms with Crippen LogP contribution in [0.25, 0.3) is 10.9 Å². The molecule has 0 unspecified atom stereocenters. The van der Waals surface area contributed by atoms with Crippen molar-refractivity contribution in [1.82, 2.24) is 4.98 Å². The first-order chi connectivity index (χ1) is 18.0. The predicted octanol–water partition coefficient (Wildman–Crippen LogP) is 7.39. The van der Waals surface area contributed by atoms with Crippen LogP contribution in [0.15, 0.2) is 71.8 Å². The molecule has 192 valence electrons. The van der Waals surface area contributed by atoms with Crippen LogP contribution in [-0.2, 0) is 4.74 Å². The second kappa shape index (κ2) is 12.4. The number of aryl methyl sites for hydroxylation is 2. The molecule has 8 heteroatoms. The van der Waals surface area contributed by atoms with E-state index in [9.17, 15) is 4.79 Å². The maximum Gasteiger partial charge on any atom is 0.411 e. The highest BCUT2D eigenvalue weighted by Gasteiger charge is 2.12. The third-order valence-electron chi connectivity index (χ3n) is 5.66. The maximum atomic E-state index is 12.2. The van der Waals surface area contributed by atoms with E-state index in [1.54, 1.807) is 62.5 Å². The predicted molar refractivity (Wildman–Crippen MR) is 148 cm³/mol. The van der Waals surface area contributed by atoms with E-state index >= 15 is 0 Å². The van der Waals surface area contributed by atoms with Gasteiger partial charge in [0.2, 0.25) is 0 Å². The van der Waals surface area contributed by atoms with Gasteiger partial charge in [0.1, 0.15) is 11.5 Å². The fourth-order valence-corrected chi connectivity index (χ4v) is 4.74. The summed E-state index contributed by atoms with van der Waals surface area (Å²) in [6.45, 7) is 4.55. The lowest BCUT2D eigenvalue weighted by atomic mass is 10.2. The average Bonchev–Trinajstić information content (AvgIpc) is 2.90. The molecule has 1 amide bonds. The van der Waals surface area contributed by atoms with Crippen LogP contribution in [0.1, 0.15) is 17.5 Å². The number of anilines is 1. The van der Waals surface area contributed by atoms with Crippen molar-refractivity contribution in [3.8, 4) is 23.0 Å². The summed E-state index contributed by atoms with van der Waals surface area (Å²) in [5.41, 5.74) is 3.85. The Morgan fingerprint density at radius 2 is 1.68 bits per heavy atom. The van der Waals surface area contributed by atoms with Gasteiger partial charge in [-0.2, -0.15) is 0 Å². The quantitative estimate of drug-likeness (QED) is 0.173. The van der Waals surface area contributed by atoms with Crippen molar-refractivity contribution in [2.45, 2.75) is 25.2 Å². The molecule has 0 atom stereocenters. The number of carbonyl (C=O) groups is 1. The standard InChI is InChI=1S/C29H30N2O5S/c1-19-6-7-20(2)28(16-19)37-15-5-14-35-29(32)31-21-8-10-22(11-9-21)36-25-12-13-30-24-18-27(34-4)26(33-3)17-23(24)25/h6-13,16-18H,5,14-15H2,1-4H3,(H,31,32). The first-order valence-electron chi connectivity index (χ1n) is 11.9. The number of hydrogen-bond acceptors (Lipinski definition) is 7. The number of thioether (sulfide) groups is 1. The molecule has 0 aliphatic carbocycles. The molecule has 0 aliphatic rings. The molecular weight excluding hydrogens is 488 g/mol. The van der Waals surface area contributed by atoms with Gasteiger partial charge in [-0.15, -0.1) is 11.8 Å². The molecule has 0 saturated heterocycles. The number of pyridine rings is 1. The Morgan fingerprint density at radius 3 is 2.43 bits per heavy atom. The van der Waals surface area contributed by atoms with Crippen LogP contribution >= 0.6 is 11.8 Å². The summed E-state index contributed by atoms with van der Waals surface area (Å²) in [5, 5.41) is 3.54. The van der Waals surface area contributed by atoms with Crippen molar-refractivity contribution in [2.24, 2.45) is 0 Å². The number of amides is 1. The molecule has 0 saturated carbocycles. The first kappa shape index (κ1) is 26.2. The average molecular weight is 519 g/mol. The van der Waals surface area contributed by atoms with E-state index in [1.165, 1.54) is 16.0 Å². The van der Waals surface area contributed by atoms with Crippen molar-refractivity contribution in [2.75, 3.05) is 31.9 Å². The van der Waals surface area contributed by atoms with Crippen LogP contribution in [0.2, 0.25) is 0 Å². The molecule has 37 heavy (non-hydrogen) atoms. The fraction of sp³-hybridized carbons (Fsp3) is 0.241. The summed E-state index contributed by atoms with van der Waals surface area (Å²) in [6, 6.07) is 19.0. The zero-order valence-corrected chi connectivity index (χ0v) is 22.2. The van der Waals surface area contributed by atoms with E-state index in [2.05, 4.69) is 42.3 Å². The smallest absolute Gasteiger partial charge is 0.411 e. The van der Waals surface area contributed by atoms with Gasteiger partial charge in [-0.3, -0.25) is 10.3 Å². The lowest BCUT2D eigenvalue weighted by Gasteiger charge is -2.13. The third kappa shape index (κ3) is 6.86. The minimum absolute atomic E-state index is 0.355. The molecule has 4 aromatic rings. The van der Waals surface area contributed by atoms with E-state index < -0.39 is 6.09 Å². The molecule has 0 radical (unpaired) electrons. The van der Waals surface area contributed by atoms with Crippen LogP contribution in [0.3, 0.4) is 0 Å². The minimum Gasteiger partial charge on any atom is -0.493 e. The molecule has 0 bridgehead atoms. The molecule has 0 aliphatic heterocycles. The normalized spacial score (nSPS) is 10.7. The van der Waals surface area contributed by atoms with Gasteiger partial charge >= 0.3 is 6.09 Å². The molecule has 1 N–H and O–H groups in total. The molecule has 1 heterocycles. The van der Waals surface area contributed by atoms with Crippen molar-refractivity contribution in [1.29, 1.82) is 0 Å². The number of ether oxygens (including phenoxy) is 4. The Hall–Kier alpha value is -3.91. The number of nitrogens with zero attached hydrogens (tertiary/aromatic N) is 1. The summed E-state index contributed by atoms with van der Waals surface area (Å²) >= 11 is 1.78. The van der Waals surface area contributed by atoms with E-state index in [4.69, 9.17) is 18.9 Å². The molecule has 7 nitrogen and oxygen atoms in total. The summed E-state index contributed by atoms with van der Waals surface area (Å²) in [5.74, 6) is 3.32. The van der Waals surface area contributed by atoms with Gasteiger partial charge in [-0.05, 0) is 68.3 Å². The second-order valence-corrected chi connectivity index (χ2v) is 9.53. The number of nitrogens with one attached hydrogen (secondary N) is 1. The van der Waals surface area contributed by atoms with Crippen molar-refractivity contribution < 1.29 is 23.7 Å². The zero-order chi connectivity index (χ0) is 26.2. The highest BCUT2D eigenvalue weighted by atomic mass is 32.2. The summed E-state index contributed by atoms with van der Waals surface area (Å²) in [4.78, 5) is 17.8. The Kier molecular flexibility index (Phi) is 8.74. The Labute approximate surface area is 221 Å². The third-order valence-corrected chi connectivity index (χ3v) is 6.90. The summed E-state index contributed by atoms with van der Waals surface area (Å²) in [7, 11) is 3.17. The number of hydrogen-bond donors (Lipinski definition) is 1. The molecule has 3 aromatic carbocycles. The van der Waals surface area contributed by atoms with Crippen LogP contribution in [-0.4, -0.2) is 37.7 Å². The van der Waals surface area contributed by atoms with Crippen LogP contribution in [0.4, 0.5) is 10.5 Å². The molecule has 0 spiro atoms. The SMILES string of the molecule is COc1cc2nccc(Oc3ccc(NC(=O)OCCCSc4cc(C)ccc4C)cc3)c2cc1OC. The molecular formula is C29H30N2O5S. The first-order valence-corrected chi connectivity index (χ1v) is 12.9. The molecule has 1 aromatic heterocycles. The minimum atomic E-state index is -0.480. The highest BCUT2D eigenvalue weighted by molar-refractivity contribution is 7.99. The van der Waals surface area contributed by atoms with Crippen molar-refractivity contribution >= 4 is 34.4 Å². The van der Waals surface area contributed by atoms with Gasteiger partial charge in [0.25, 0.3) is 0 Å². The van der Waals surface area contributed by atoms with Gasteiger partial charge in [0, 0.05) is 34.0 Å². The van der Waals surface area contributed by atoms with Gasteiger partial charge < -0.3 is 18.9 Å². The highest BCUT2D eigenvalue weighted by Crippen LogP contribution is 2.37. The van der Waals surface area contributed by atoms with Crippen LogP contribution in [0.5, 0.6) is 23.0 Å². The summed E-state index contributed by atoms with van der Waals surface area (Å²) in [6.07, 6.45) is 1.97. The number of benzene rings is 3. The second-order valence-electron chi connectivity index (χ2n) is 8.39. The van der Waals surface area contributed by atoms with E-state index in [0.717, 1.165) is 23.1 Å². The lowest BCUT2D eigenvalue weighted by Crippen LogP contribution is -2.14. The van der Waals surface area contributed by atoms with E-state index in [1.807, 2.05) is 12.1 Å². The summed E-state index contributed by atoms with van der Waals surface area (Å²) < 4.78 is 22.2. The van der Waals surface area contributed by atoms with Gasteiger partial charge in [0.15, 0.2) is 11.5 Å². The van der Waals surface area contributed by atoms with E-state index in [-0.39, 0.29) is 0 Å². The number of fused-ring (bicyclic) bond motifs is 1. The largest absolute Gasteiger partial charge is 0.493 e. The maximum absolute atomic E-state index is 12.2. The number of carbonyl (C=O) groups excluding carboxylic acids is 1. The molecule has 0 fully saturated rings. The fourth-order valence-electron chi connectivity index (χ4n) is 3.69.